The first kappa shape index (κ1) is 11.3. The molecule has 2 aromatic rings. The number of nitrogens with one attached hydrogen (secondary N) is 2. The fourth-order valence-electron chi connectivity index (χ4n) is 1.63. The lowest BCUT2D eigenvalue weighted by Gasteiger charge is -2.22. The van der Waals surface area contributed by atoms with Crippen LogP contribution >= 0.6 is 11.8 Å². The number of hydrogen-bond acceptors (Lipinski definition) is 5. The molecular weight excluding hydrogens is 244 g/mol. The minimum atomic E-state index is -0.111. The molecule has 1 atom stereocenters. The number of benzene rings is 2. The summed E-state index contributed by atoms with van der Waals surface area (Å²) in [5.74, 6) is 0. The quantitative estimate of drug-likeness (QED) is 0.804. The third-order valence-corrected chi connectivity index (χ3v) is 3.54. The number of para-hydroxylation sites is 1. The summed E-state index contributed by atoms with van der Waals surface area (Å²) in [5, 5.41) is 8.47. The van der Waals surface area contributed by atoms with Gasteiger partial charge in [0.1, 0.15) is 0 Å². The van der Waals surface area contributed by atoms with Gasteiger partial charge in [-0.05, 0) is 24.3 Å². The van der Waals surface area contributed by atoms with Crippen LogP contribution in [0.3, 0.4) is 0 Å². The Morgan fingerprint density at radius 3 is 2.61 bits per heavy atom. The minimum absolute atomic E-state index is 0.111. The molecule has 0 bridgehead atoms. The molecule has 5 heteroatoms. The second-order valence-corrected chi connectivity index (χ2v) is 4.91. The van der Waals surface area contributed by atoms with Gasteiger partial charge >= 0.3 is 0 Å². The molecule has 90 valence electrons. The molecule has 1 aliphatic heterocycles. The van der Waals surface area contributed by atoms with E-state index in [1.165, 1.54) is 4.90 Å². The van der Waals surface area contributed by atoms with Crippen LogP contribution in [-0.4, -0.2) is 5.50 Å². The zero-order valence-electron chi connectivity index (χ0n) is 9.58. The summed E-state index contributed by atoms with van der Waals surface area (Å²) in [6.07, 6.45) is 0. The Kier molecular flexibility index (Phi) is 3.25. The van der Waals surface area contributed by atoms with E-state index in [-0.39, 0.29) is 5.50 Å². The summed E-state index contributed by atoms with van der Waals surface area (Å²) in [5.41, 5.74) is 8.05. The summed E-state index contributed by atoms with van der Waals surface area (Å²) < 4.78 is 0. The Bertz CT molecular complexity index is 556. The van der Waals surface area contributed by atoms with Gasteiger partial charge in [0.05, 0.1) is 11.4 Å². The Balaban J connectivity index is 1.72. The highest BCUT2D eigenvalue weighted by molar-refractivity contribution is 8.00. The number of thioether (sulfide) groups is 1. The minimum Gasteiger partial charge on any atom is -0.318 e. The maximum absolute atomic E-state index is 4.27. The van der Waals surface area contributed by atoms with Crippen LogP contribution in [0.2, 0.25) is 0 Å². The molecule has 0 spiro atoms. The van der Waals surface area contributed by atoms with Gasteiger partial charge in [-0.15, -0.1) is 0 Å². The van der Waals surface area contributed by atoms with E-state index in [0.29, 0.717) is 0 Å². The standard InChI is InChI=1S/C13H12N4S/c1-2-6-10(7-3-1)14-16-13-17-15-11-8-4-5-9-12(11)18-13/h1-9,13,15,17H. The molecule has 2 aromatic carbocycles. The van der Waals surface area contributed by atoms with E-state index in [9.17, 15) is 0 Å². The predicted octanol–water partition coefficient (Wildman–Crippen LogP) is 3.78. The number of anilines is 1. The van der Waals surface area contributed by atoms with Gasteiger partial charge in [0.15, 0.2) is 5.50 Å². The van der Waals surface area contributed by atoms with Crippen molar-refractivity contribution in [3.8, 4) is 0 Å². The van der Waals surface area contributed by atoms with Crippen LogP contribution in [0.25, 0.3) is 0 Å². The van der Waals surface area contributed by atoms with Crippen LogP contribution in [0.5, 0.6) is 0 Å². The van der Waals surface area contributed by atoms with Crippen molar-refractivity contribution in [1.82, 2.24) is 5.43 Å². The maximum Gasteiger partial charge on any atom is 0.188 e. The molecule has 0 radical (unpaired) electrons. The van der Waals surface area contributed by atoms with Gasteiger partial charge in [0.25, 0.3) is 0 Å². The summed E-state index contributed by atoms with van der Waals surface area (Å²) in [7, 11) is 0. The normalized spacial score (nSPS) is 18.3. The Morgan fingerprint density at radius 1 is 0.944 bits per heavy atom. The first-order valence-corrected chi connectivity index (χ1v) is 6.53. The van der Waals surface area contributed by atoms with Crippen LogP contribution in [0, 0.1) is 0 Å². The molecule has 1 unspecified atom stereocenters. The lowest BCUT2D eigenvalue weighted by molar-refractivity contribution is 0.717. The number of hydrogen-bond donors (Lipinski definition) is 2. The second kappa shape index (κ2) is 5.20. The van der Waals surface area contributed by atoms with Crippen molar-refractivity contribution >= 4 is 23.1 Å². The molecule has 0 saturated carbocycles. The zero-order chi connectivity index (χ0) is 12.2. The number of fused-ring (bicyclic) bond motifs is 1. The molecule has 0 saturated heterocycles. The van der Waals surface area contributed by atoms with Crippen molar-refractivity contribution in [2.24, 2.45) is 10.2 Å². The van der Waals surface area contributed by atoms with Gasteiger partial charge in [-0.25, -0.2) is 5.43 Å². The van der Waals surface area contributed by atoms with Crippen LogP contribution < -0.4 is 10.9 Å². The molecule has 1 heterocycles. The first-order valence-electron chi connectivity index (χ1n) is 5.65. The average Bonchev–Trinajstić information content (AvgIpc) is 2.46. The van der Waals surface area contributed by atoms with E-state index >= 15 is 0 Å². The monoisotopic (exact) mass is 256 g/mol. The van der Waals surface area contributed by atoms with Crippen molar-refractivity contribution in [2.75, 3.05) is 5.43 Å². The molecular formula is C13H12N4S. The van der Waals surface area contributed by atoms with Crippen molar-refractivity contribution in [1.29, 1.82) is 0 Å². The van der Waals surface area contributed by atoms with E-state index in [1.807, 2.05) is 48.5 Å². The number of rotatable bonds is 2. The summed E-state index contributed by atoms with van der Waals surface area (Å²) in [6.45, 7) is 0. The molecule has 2 N–H and O–H groups in total. The highest BCUT2D eigenvalue weighted by Crippen LogP contribution is 2.33. The predicted molar refractivity (Wildman–Crippen MR) is 73.8 cm³/mol. The smallest absolute Gasteiger partial charge is 0.188 e. The van der Waals surface area contributed by atoms with Crippen LogP contribution in [-0.2, 0) is 0 Å². The fourth-order valence-corrected chi connectivity index (χ4v) is 2.48. The fraction of sp³-hybridized carbons (Fsp3) is 0.0769. The lowest BCUT2D eigenvalue weighted by Crippen LogP contribution is -2.33. The first-order chi connectivity index (χ1) is 8.92. The Labute approximate surface area is 109 Å². The zero-order valence-corrected chi connectivity index (χ0v) is 10.4. The molecule has 0 aliphatic carbocycles. The highest BCUT2D eigenvalue weighted by Gasteiger charge is 2.16. The third kappa shape index (κ3) is 2.52. The van der Waals surface area contributed by atoms with Crippen molar-refractivity contribution in [3.05, 3.63) is 54.6 Å². The summed E-state index contributed by atoms with van der Waals surface area (Å²) in [6, 6.07) is 17.8. The van der Waals surface area contributed by atoms with E-state index in [1.54, 1.807) is 11.8 Å². The van der Waals surface area contributed by atoms with Gasteiger partial charge in [-0.3, -0.25) is 0 Å². The molecule has 0 fully saturated rings. The molecule has 1 aliphatic rings. The van der Waals surface area contributed by atoms with Gasteiger partial charge in [0.2, 0.25) is 0 Å². The second-order valence-electron chi connectivity index (χ2n) is 3.79. The summed E-state index contributed by atoms with van der Waals surface area (Å²) in [4.78, 5) is 1.17. The molecule has 0 amide bonds. The van der Waals surface area contributed by atoms with Crippen molar-refractivity contribution < 1.29 is 0 Å². The van der Waals surface area contributed by atoms with Crippen molar-refractivity contribution in [3.63, 3.8) is 0 Å². The van der Waals surface area contributed by atoms with Gasteiger partial charge in [0, 0.05) is 4.90 Å². The average molecular weight is 256 g/mol. The van der Waals surface area contributed by atoms with E-state index in [4.69, 9.17) is 0 Å². The summed E-state index contributed by atoms with van der Waals surface area (Å²) >= 11 is 1.64. The lowest BCUT2D eigenvalue weighted by atomic mass is 10.3. The van der Waals surface area contributed by atoms with Crippen LogP contribution in [0.4, 0.5) is 11.4 Å². The Morgan fingerprint density at radius 2 is 1.72 bits per heavy atom. The van der Waals surface area contributed by atoms with Gasteiger partial charge in [-0.2, -0.15) is 10.2 Å². The topological polar surface area (TPSA) is 48.8 Å². The number of hydrazine groups is 1. The van der Waals surface area contributed by atoms with Gasteiger partial charge in [-0.1, -0.05) is 42.1 Å². The molecule has 3 rings (SSSR count). The molecule has 18 heavy (non-hydrogen) atoms. The van der Waals surface area contributed by atoms with Crippen LogP contribution in [0.1, 0.15) is 0 Å². The van der Waals surface area contributed by atoms with Gasteiger partial charge < -0.3 is 5.43 Å². The van der Waals surface area contributed by atoms with E-state index in [2.05, 4.69) is 27.1 Å². The maximum atomic E-state index is 4.27. The van der Waals surface area contributed by atoms with E-state index < -0.39 is 0 Å². The molecule has 4 nitrogen and oxygen atoms in total. The number of azo groups is 1. The van der Waals surface area contributed by atoms with Crippen molar-refractivity contribution in [2.45, 2.75) is 10.4 Å². The highest BCUT2D eigenvalue weighted by atomic mass is 32.2. The van der Waals surface area contributed by atoms with Crippen LogP contribution in [0.15, 0.2) is 69.7 Å². The number of nitrogens with zero attached hydrogens (tertiary/aromatic N) is 2. The molecule has 0 aromatic heterocycles. The SMILES string of the molecule is c1ccc(N=NC2NNc3ccccc3S2)cc1. The third-order valence-electron chi connectivity index (χ3n) is 2.49. The Hall–Kier alpha value is -1.85. The largest absolute Gasteiger partial charge is 0.318 e. The van der Waals surface area contributed by atoms with E-state index in [0.717, 1.165) is 11.4 Å².